The van der Waals surface area contributed by atoms with Crippen molar-refractivity contribution < 1.29 is 10.2 Å². The van der Waals surface area contributed by atoms with Crippen LogP contribution in [0.4, 0.5) is 0 Å². The summed E-state index contributed by atoms with van der Waals surface area (Å²) in [4.78, 5) is 0. The molecule has 0 aromatic rings. The molecule has 0 aliphatic rings. The van der Waals surface area contributed by atoms with Gasteiger partial charge in [0.2, 0.25) is 0 Å². The smallest absolute Gasteiger partial charge is 0.0590 e. The summed E-state index contributed by atoms with van der Waals surface area (Å²) in [6.45, 7) is 6.00. The van der Waals surface area contributed by atoms with Crippen molar-refractivity contribution in [3.05, 3.63) is 0 Å². The maximum Gasteiger partial charge on any atom is 0.0590 e. The zero-order valence-corrected chi connectivity index (χ0v) is 8.45. The van der Waals surface area contributed by atoms with Crippen LogP contribution < -0.4 is 0 Å². The minimum atomic E-state index is -0.337. The van der Waals surface area contributed by atoms with E-state index < -0.39 is 0 Å². The molecule has 0 aromatic carbocycles. The van der Waals surface area contributed by atoms with Crippen molar-refractivity contribution in [1.82, 2.24) is 0 Å². The van der Waals surface area contributed by atoms with E-state index in [0.717, 1.165) is 25.7 Å². The molecule has 2 nitrogen and oxygen atoms in total. The van der Waals surface area contributed by atoms with Crippen molar-refractivity contribution in [2.75, 3.05) is 0 Å². The normalized spacial score (nSPS) is 18.8. The topological polar surface area (TPSA) is 40.5 Å². The Hall–Kier alpha value is -0.0800. The minimum absolute atomic E-state index is 0.0184. The molecule has 2 unspecified atom stereocenters. The molecule has 12 heavy (non-hydrogen) atoms. The number of hydrogen-bond acceptors (Lipinski definition) is 2. The average molecular weight is 174 g/mol. The predicted molar refractivity (Wildman–Crippen MR) is 51.0 cm³/mol. The Morgan fingerprint density at radius 2 is 1.25 bits per heavy atom. The summed E-state index contributed by atoms with van der Waals surface area (Å²) in [5.41, 5.74) is 0. The van der Waals surface area contributed by atoms with Crippen molar-refractivity contribution >= 4 is 0 Å². The number of aliphatic hydroxyl groups excluding tert-OH is 2. The van der Waals surface area contributed by atoms with E-state index in [1.807, 2.05) is 20.8 Å². The molecule has 2 heteroatoms. The van der Waals surface area contributed by atoms with E-state index in [-0.39, 0.29) is 18.1 Å². The van der Waals surface area contributed by atoms with E-state index in [1.54, 1.807) is 0 Å². The summed E-state index contributed by atoms with van der Waals surface area (Å²) >= 11 is 0. The lowest BCUT2D eigenvalue weighted by Gasteiger charge is -2.23. The molecule has 0 spiro atoms. The Bertz CT molecular complexity index is 92.0. The predicted octanol–water partition coefficient (Wildman–Crippen LogP) is 1.94. The fourth-order valence-corrected chi connectivity index (χ4v) is 1.37. The van der Waals surface area contributed by atoms with Gasteiger partial charge in [-0.1, -0.05) is 33.6 Å². The van der Waals surface area contributed by atoms with Crippen molar-refractivity contribution in [2.24, 2.45) is 5.92 Å². The van der Waals surface area contributed by atoms with E-state index in [0.29, 0.717) is 0 Å². The average Bonchev–Trinajstić information content (AvgIpc) is 2.04. The van der Waals surface area contributed by atoms with Crippen LogP contribution >= 0.6 is 0 Å². The lowest BCUT2D eigenvalue weighted by molar-refractivity contribution is 0.0132. The molecule has 74 valence electrons. The molecule has 0 bridgehead atoms. The van der Waals surface area contributed by atoms with Crippen LogP contribution in [0.1, 0.15) is 46.5 Å². The SMILES string of the molecule is CCCC(O)C(C)C(O)CCC. The second-order valence-electron chi connectivity index (χ2n) is 3.57. The second kappa shape index (κ2) is 6.44. The summed E-state index contributed by atoms with van der Waals surface area (Å²) in [7, 11) is 0. The van der Waals surface area contributed by atoms with Crippen LogP contribution in [0.25, 0.3) is 0 Å². The molecule has 0 fully saturated rings. The highest BCUT2D eigenvalue weighted by Crippen LogP contribution is 2.16. The summed E-state index contributed by atoms with van der Waals surface area (Å²) in [6, 6.07) is 0. The molecule has 0 aromatic heterocycles. The largest absolute Gasteiger partial charge is 0.393 e. The molecule has 0 amide bonds. The fourth-order valence-electron chi connectivity index (χ4n) is 1.37. The summed E-state index contributed by atoms with van der Waals surface area (Å²) in [5, 5.41) is 19.1. The Morgan fingerprint density at radius 1 is 0.917 bits per heavy atom. The Kier molecular flexibility index (Phi) is 6.39. The van der Waals surface area contributed by atoms with Crippen molar-refractivity contribution in [1.29, 1.82) is 0 Å². The first-order chi connectivity index (χ1) is 5.63. The van der Waals surface area contributed by atoms with E-state index in [1.165, 1.54) is 0 Å². The summed E-state index contributed by atoms with van der Waals surface area (Å²) < 4.78 is 0. The summed E-state index contributed by atoms with van der Waals surface area (Å²) in [5.74, 6) is 0.0184. The van der Waals surface area contributed by atoms with E-state index >= 15 is 0 Å². The Morgan fingerprint density at radius 3 is 1.50 bits per heavy atom. The third-order valence-electron chi connectivity index (χ3n) is 2.38. The van der Waals surface area contributed by atoms with Crippen LogP contribution in [0, 0.1) is 5.92 Å². The molecular formula is C10H22O2. The van der Waals surface area contributed by atoms with Gasteiger partial charge in [0.05, 0.1) is 12.2 Å². The quantitative estimate of drug-likeness (QED) is 0.646. The minimum Gasteiger partial charge on any atom is -0.393 e. The van der Waals surface area contributed by atoms with E-state index in [2.05, 4.69) is 0 Å². The molecule has 0 heterocycles. The molecule has 2 N–H and O–H groups in total. The molecule has 0 aliphatic heterocycles. The van der Waals surface area contributed by atoms with Gasteiger partial charge in [0, 0.05) is 5.92 Å². The Balaban J connectivity index is 3.73. The Labute approximate surface area is 75.6 Å². The molecule has 0 saturated heterocycles. The highest BCUT2D eigenvalue weighted by atomic mass is 16.3. The first kappa shape index (κ1) is 11.9. The number of rotatable bonds is 6. The van der Waals surface area contributed by atoms with Crippen LogP contribution in [0.2, 0.25) is 0 Å². The monoisotopic (exact) mass is 174 g/mol. The van der Waals surface area contributed by atoms with Gasteiger partial charge in [0.25, 0.3) is 0 Å². The maximum absolute atomic E-state index is 9.55. The lowest BCUT2D eigenvalue weighted by atomic mass is 9.92. The van der Waals surface area contributed by atoms with Gasteiger partial charge in [-0.25, -0.2) is 0 Å². The zero-order valence-electron chi connectivity index (χ0n) is 8.45. The molecule has 2 atom stereocenters. The highest BCUT2D eigenvalue weighted by Gasteiger charge is 2.20. The number of aliphatic hydroxyl groups is 2. The standard InChI is InChI=1S/C10H22O2/c1-4-6-9(11)8(3)10(12)7-5-2/h8-12H,4-7H2,1-3H3. The van der Waals surface area contributed by atoms with Gasteiger partial charge in [-0.3, -0.25) is 0 Å². The van der Waals surface area contributed by atoms with Crippen molar-refractivity contribution in [2.45, 2.75) is 58.7 Å². The van der Waals surface area contributed by atoms with Crippen molar-refractivity contribution in [3.63, 3.8) is 0 Å². The van der Waals surface area contributed by atoms with Crippen LogP contribution in [0.5, 0.6) is 0 Å². The van der Waals surface area contributed by atoms with E-state index in [9.17, 15) is 10.2 Å². The van der Waals surface area contributed by atoms with Crippen LogP contribution in [-0.2, 0) is 0 Å². The van der Waals surface area contributed by atoms with Gasteiger partial charge < -0.3 is 10.2 Å². The lowest BCUT2D eigenvalue weighted by Crippen LogP contribution is -2.29. The first-order valence-electron chi connectivity index (χ1n) is 4.99. The molecular weight excluding hydrogens is 152 g/mol. The van der Waals surface area contributed by atoms with Gasteiger partial charge in [-0.2, -0.15) is 0 Å². The maximum atomic E-state index is 9.55. The third-order valence-corrected chi connectivity index (χ3v) is 2.38. The van der Waals surface area contributed by atoms with Gasteiger partial charge in [0.1, 0.15) is 0 Å². The van der Waals surface area contributed by atoms with Crippen LogP contribution in [0.3, 0.4) is 0 Å². The van der Waals surface area contributed by atoms with Gasteiger partial charge in [-0.15, -0.1) is 0 Å². The van der Waals surface area contributed by atoms with Crippen LogP contribution in [-0.4, -0.2) is 22.4 Å². The van der Waals surface area contributed by atoms with Crippen molar-refractivity contribution in [3.8, 4) is 0 Å². The summed E-state index contributed by atoms with van der Waals surface area (Å²) in [6.07, 6.45) is 2.87. The number of hydrogen-bond donors (Lipinski definition) is 2. The second-order valence-corrected chi connectivity index (χ2v) is 3.57. The van der Waals surface area contributed by atoms with Gasteiger partial charge in [-0.05, 0) is 12.8 Å². The van der Waals surface area contributed by atoms with Crippen LogP contribution in [0.15, 0.2) is 0 Å². The molecule has 0 rings (SSSR count). The molecule has 0 saturated carbocycles. The third kappa shape index (κ3) is 4.07. The first-order valence-corrected chi connectivity index (χ1v) is 4.99. The van der Waals surface area contributed by atoms with E-state index in [4.69, 9.17) is 0 Å². The molecule has 0 aliphatic carbocycles. The zero-order chi connectivity index (χ0) is 9.56. The highest BCUT2D eigenvalue weighted by molar-refractivity contribution is 4.71. The molecule has 0 radical (unpaired) electrons. The van der Waals surface area contributed by atoms with Gasteiger partial charge >= 0.3 is 0 Å². The van der Waals surface area contributed by atoms with Gasteiger partial charge in [0.15, 0.2) is 0 Å². The fraction of sp³-hybridized carbons (Fsp3) is 1.00.